The molecule has 0 radical (unpaired) electrons. The van der Waals surface area contributed by atoms with Gasteiger partial charge in [0.15, 0.2) is 5.69 Å². The molecule has 176 valence electrons. The lowest BCUT2D eigenvalue weighted by Gasteiger charge is -2.43. The third-order valence-electron chi connectivity index (χ3n) is 5.86. The largest absolute Gasteiger partial charge is 0.389 e. The quantitative estimate of drug-likeness (QED) is 0.451. The highest BCUT2D eigenvalue weighted by molar-refractivity contribution is 7.19. The molecule has 0 aliphatic carbocycles. The van der Waals surface area contributed by atoms with Gasteiger partial charge in [-0.25, -0.2) is 13.8 Å². The Morgan fingerprint density at radius 3 is 2.73 bits per heavy atom. The van der Waals surface area contributed by atoms with Crippen LogP contribution in [0.25, 0.3) is 10.6 Å². The van der Waals surface area contributed by atoms with Gasteiger partial charge in [0.1, 0.15) is 33.3 Å². The number of carbonyl (C=O) groups is 1. The molecule has 4 rings (SSSR count). The Bertz CT molecular complexity index is 1190. The first-order valence-corrected chi connectivity index (χ1v) is 11.0. The van der Waals surface area contributed by atoms with E-state index in [1.54, 1.807) is 18.7 Å². The predicted molar refractivity (Wildman–Crippen MR) is 119 cm³/mol. The van der Waals surface area contributed by atoms with Crippen LogP contribution >= 0.6 is 11.3 Å². The Morgan fingerprint density at radius 1 is 1.39 bits per heavy atom. The van der Waals surface area contributed by atoms with Gasteiger partial charge in [-0.05, 0) is 19.1 Å². The van der Waals surface area contributed by atoms with Gasteiger partial charge < -0.3 is 26.6 Å². The fourth-order valence-electron chi connectivity index (χ4n) is 3.96. The van der Waals surface area contributed by atoms with Crippen molar-refractivity contribution in [2.75, 3.05) is 17.7 Å². The van der Waals surface area contributed by atoms with Crippen LogP contribution in [0.5, 0.6) is 0 Å². The molecule has 4 unspecified atom stereocenters. The maximum absolute atomic E-state index is 14.1. The smallest absolute Gasteiger partial charge is 0.277 e. The van der Waals surface area contributed by atoms with Crippen molar-refractivity contribution in [1.29, 1.82) is 0 Å². The number of nitrogens with zero attached hydrogens (tertiary/aromatic N) is 3. The normalized spacial score (nSPS) is 25.2. The molecule has 0 saturated carbocycles. The number of anilines is 2. The molecule has 2 aromatic heterocycles. The number of nitrogens with two attached hydrogens (primary N) is 2. The van der Waals surface area contributed by atoms with E-state index in [1.165, 1.54) is 12.3 Å². The minimum atomic E-state index is -1.19. The third kappa shape index (κ3) is 4.10. The average molecular weight is 479 g/mol. The summed E-state index contributed by atoms with van der Waals surface area (Å²) < 4.78 is 35.7. The second-order valence-electron chi connectivity index (χ2n) is 8.32. The molecule has 0 bridgehead atoms. The van der Waals surface area contributed by atoms with Crippen LogP contribution in [-0.2, 0) is 11.8 Å². The number of hydrogen-bond donors (Lipinski definition) is 4. The third-order valence-corrected chi connectivity index (χ3v) is 6.77. The molecule has 1 fully saturated rings. The fraction of sp³-hybridized carbons (Fsp3) is 0.381. The van der Waals surface area contributed by atoms with Gasteiger partial charge in [-0.1, -0.05) is 24.3 Å². The number of hydrogen-bond acceptors (Lipinski definition) is 8. The number of ether oxygens (including phenoxy) is 1. The maximum Gasteiger partial charge on any atom is 0.277 e. The zero-order chi connectivity index (χ0) is 24.1. The van der Waals surface area contributed by atoms with Crippen LogP contribution in [0.3, 0.4) is 0 Å². The van der Waals surface area contributed by atoms with Crippen molar-refractivity contribution >= 4 is 27.9 Å². The van der Waals surface area contributed by atoms with Crippen molar-refractivity contribution in [1.82, 2.24) is 14.8 Å². The number of amides is 1. The number of nitrogen functional groups attached to an aromatic ring is 1. The first-order chi connectivity index (χ1) is 15.5. The van der Waals surface area contributed by atoms with E-state index in [1.807, 2.05) is 6.92 Å². The number of aryl methyl sites for hydroxylation is 1. The molecule has 1 saturated heterocycles. The lowest BCUT2D eigenvalue weighted by Crippen LogP contribution is -2.58. The molecule has 6 N–H and O–H groups in total. The summed E-state index contributed by atoms with van der Waals surface area (Å²) in [6, 6.07) is 2.88. The van der Waals surface area contributed by atoms with Crippen LogP contribution in [0.4, 0.5) is 19.5 Å². The fourth-order valence-corrected chi connectivity index (χ4v) is 4.83. The number of carbonyl (C=O) groups excluding carboxylic acids is 1. The minimum absolute atomic E-state index is 0.0101. The Labute approximate surface area is 192 Å². The van der Waals surface area contributed by atoms with E-state index in [9.17, 15) is 18.7 Å². The summed E-state index contributed by atoms with van der Waals surface area (Å²) in [6.07, 6.45) is 0.903. The number of aliphatic hydroxyl groups is 1. The molecule has 1 aliphatic heterocycles. The van der Waals surface area contributed by atoms with Gasteiger partial charge in [-0.15, -0.1) is 0 Å². The van der Waals surface area contributed by atoms with Crippen molar-refractivity contribution in [2.45, 2.75) is 31.6 Å². The van der Waals surface area contributed by atoms with Crippen molar-refractivity contribution in [3.05, 3.63) is 47.4 Å². The van der Waals surface area contributed by atoms with Crippen LogP contribution < -0.4 is 16.8 Å². The molecule has 9 nitrogen and oxygen atoms in total. The lowest BCUT2D eigenvalue weighted by molar-refractivity contribution is -0.150. The highest BCUT2D eigenvalue weighted by Crippen LogP contribution is 2.40. The van der Waals surface area contributed by atoms with E-state index in [0.717, 1.165) is 23.5 Å². The van der Waals surface area contributed by atoms with Gasteiger partial charge in [0.05, 0.1) is 29.7 Å². The summed E-state index contributed by atoms with van der Waals surface area (Å²) in [7, 11) is 1.69. The van der Waals surface area contributed by atoms with Crippen LogP contribution in [0.2, 0.25) is 0 Å². The average Bonchev–Trinajstić information content (AvgIpc) is 3.29. The number of nitrogens with one attached hydrogen (secondary N) is 1. The van der Waals surface area contributed by atoms with Crippen molar-refractivity contribution in [3.8, 4) is 10.6 Å². The molecule has 3 heterocycles. The number of aromatic nitrogens is 3. The number of benzene rings is 1. The Hall–Kier alpha value is -2.93. The molecule has 12 heteroatoms. The van der Waals surface area contributed by atoms with E-state index >= 15 is 0 Å². The first kappa shape index (κ1) is 23.2. The van der Waals surface area contributed by atoms with E-state index in [0.29, 0.717) is 11.4 Å². The molecule has 1 amide bonds. The molecular formula is C21H24F2N6O3S. The minimum Gasteiger partial charge on any atom is -0.389 e. The zero-order valence-corrected chi connectivity index (χ0v) is 19.0. The van der Waals surface area contributed by atoms with E-state index in [-0.39, 0.29) is 33.8 Å². The molecule has 4 atom stereocenters. The summed E-state index contributed by atoms with van der Waals surface area (Å²) >= 11 is 0.809. The Balaban J connectivity index is 1.62. The topological polar surface area (TPSA) is 141 Å². The van der Waals surface area contributed by atoms with Crippen LogP contribution in [-0.4, -0.2) is 44.0 Å². The SMILES string of the molecule is CC1C(c2c(NC(=O)c3nc(-c4c(F)cccc4F)sc3N)cnn2C)OCC(C)(O)C1N. The molecule has 33 heavy (non-hydrogen) atoms. The van der Waals surface area contributed by atoms with Crippen molar-refractivity contribution in [2.24, 2.45) is 18.7 Å². The number of rotatable bonds is 4. The molecule has 1 aromatic carbocycles. The van der Waals surface area contributed by atoms with Gasteiger partial charge >= 0.3 is 0 Å². The van der Waals surface area contributed by atoms with Gasteiger partial charge in [-0.2, -0.15) is 5.10 Å². The van der Waals surface area contributed by atoms with Gasteiger partial charge in [0.2, 0.25) is 0 Å². The molecule has 3 aromatic rings. The van der Waals surface area contributed by atoms with Gasteiger partial charge in [0, 0.05) is 19.0 Å². The highest BCUT2D eigenvalue weighted by Gasteiger charge is 2.44. The summed E-state index contributed by atoms with van der Waals surface area (Å²) in [4.78, 5) is 17.0. The predicted octanol–water partition coefficient (Wildman–Crippen LogP) is 2.44. The second kappa shape index (κ2) is 8.45. The standard InChI is InChI=1S/C21H24F2N6O3S/c1-9-16(32-8-21(2,31)17(9)24)15-12(7-26-29(15)3)27-19(30)14-18(25)33-20(28-14)13-10(22)5-4-6-11(13)23/h4-7,9,16-17,31H,8,24-25H2,1-3H3,(H,27,30). The monoisotopic (exact) mass is 478 g/mol. The highest BCUT2D eigenvalue weighted by atomic mass is 32.1. The van der Waals surface area contributed by atoms with Crippen LogP contribution in [0.15, 0.2) is 24.4 Å². The second-order valence-corrected chi connectivity index (χ2v) is 9.35. The van der Waals surface area contributed by atoms with E-state index in [4.69, 9.17) is 16.2 Å². The molecule has 1 aliphatic rings. The molecular weight excluding hydrogens is 454 g/mol. The van der Waals surface area contributed by atoms with Gasteiger partial charge in [-0.3, -0.25) is 9.48 Å². The first-order valence-electron chi connectivity index (χ1n) is 10.1. The summed E-state index contributed by atoms with van der Waals surface area (Å²) in [5, 5.41) is 17.3. The lowest BCUT2D eigenvalue weighted by atomic mass is 9.81. The summed E-state index contributed by atoms with van der Waals surface area (Å²) in [5.74, 6) is -2.57. The maximum atomic E-state index is 14.1. The Kier molecular flexibility index (Phi) is 5.95. The zero-order valence-electron chi connectivity index (χ0n) is 18.2. The van der Waals surface area contributed by atoms with Crippen molar-refractivity contribution < 1.29 is 23.4 Å². The van der Waals surface area contributed by atoms with Crippen LogP contribution in [0, 0.1) is 17.6 Å². The molecule has 0 spiro atoms. The van der Waals surface area contributed by atoms with Crippen LogP contribution in [0.1, 0.15) is 36.1 Å². The van der Waals surface area contributed by atoms with Crippen molar-refractivity contribution in [3.63, 3.8) is 0 Å². The Morgan fingerprint density at radius 2 is 2.06 bits per heavy atom. The summed E-state index contributed by atoms with van der Waals surface area (Å²) in [5.41, 5.74) is 11.4. The number of halogens is 2. The van der Waals surface area contributed by atoms with E-state index in [2.05, 4.69) is 15.4 Å². The van der Waals surface area contributed by atoms with E-state index < -0.39 is 35.3 Å². The van der Waals surface area contributed by atoms with Gasteiger partial charge in [0.25, 0.3) is 5.91 Å². The summed E-state index contributed by atoms with van der Waals surface area (Å²) in [6.45, 7) is 3.46. The number of thiazole rings is 1.